The number of hydrogen-bond donors (Lipinski definition) is 0. The molecule has 0 saturated carbocycles. The summed E-state index contributed by atoms with van der Waals surface area (Å²) in [4.78, 5) is 14.3. The van der Waals surface area contributed by atoms with Crippen LogP contribution in [0.25, 0.3) is 0 Å². The summed E-state index contributed by atoms with van der Waals surface area (Å²) < 4.78 is 30.2. The average Bonchev–Trinajstić information content (AvgIpc) is 2.45. The minimum Gasteiger partial charge on any atom is -0.496 e. The van der Waals surface area contributed by atoms with Crippen molar-refractivity contribution in [3.63, 3.8) is 0 Å². The van der Waals surface area contributed by atoms with E-state index in [2.05, 4.69) is 0 Å². The maximum Gasteiger partial charge on any atom is 0.260 e. The molecule has 1 saturated heterocycles. The van der Waals surface area contributed by atoms with Gasteiger partial charge in [-0.25, -0.2) is 4.39 Å². The van der Waals surface area contributed by atoms with E-state index in [1.54, 1.807) is 18.1 Å². The highest BCUT2D eigenvalue weighted by Crippen LogP contribution is 2.27. The number of carbonyl (C=O) groups excluding carboxylic acids is 1. The predicted octanol–water partition coefficient (Wildman–Crippen LogP) is 2.10. The predicted molar refractivity (Wildman–Crippen MR) is 79.7 cm³/mol. The van der Waals surface area contributed by atoms with Crippen LogP contribution < -0.4 is 4.74 Å². The normalized spacial score (nSPS) is 20.8. The van der Waals surface area contributed by atoms with Crippen molar-refractivity contribution in [3.8, 4) is 5.75 Å². The van der Waals surface area contributed by atoms with E-state index in [4.69, 9.17) is 14.2 Å². The van der Waals surface area contributed by atoms with Crippen LogP contribution in [0.2, 0.25) is 0 Å². The van der Waals surface area contributed by atoms with Crippen LogP contribution in [0, 0.1) is 5.82 Å². The van der Waals surface area contributed by atoms with Crippen LogP contribution in [0.4, 0.5) is 4.39 Å². The van der Waals surface area contributed by atoms with E-state index < -0.39 is 17.3 Å². The highest BCUT2D eigenvalue weighted by molar-refractivity contribution is 5.97. The highest BCUT2D eigenvalue weighted by Gasteiger charge is 2.37. The fraction of sp³-hybridized carbons (Fsp3) is 0.562. The van der Waals surface area contributed by atoms with Gasteiger partial charge in [0.1, 0.15) is 17.1 Å². The number of hydrogen-bond acceptors (Lipinski definition) is 4. The quantitative estimate of drug-likeness (QED) is 0.854. The lowest BCUT2D eigenvalue weighted by Gasteiger charge is -2.42. The van der Waals surface area contributed by atoms with E-state index in [1.165, 1.54) is 19.2 Å². The standard InChI is InChI=1S/C16H22FNO4/c1-16(2)10-18(8-11(22-16)9-20-3)15(19)14-12(17)6-5-7-13(14)21-4/h5-7,11H,8-10H2,1-4H3. The maximum atomic E-state index is 14.1. The SMILES string of the molecule is COCC1CN(C(=O)c2c(F)cccc2OC)CC(C)(C)O1. The van der Waals surface area contributed by atoms with Crippen LogP contribution in [0.5, 0.6) is 5.75 Å². The Bertz CT molecular complexity index is 547. The summed E-state index contributed by atoms with van der Waals surface area (Å²) in [6, 6.07) is 4.35. The first-order valence-electron chi connectivity index (χ1n) is 7.16. The summed E-state index contributed by atoms with van der Waals surface area (Å²) in [6.07, 6.45) is -0.240. The summed E-state index contributed by atoms with van der Waals surface area (Å²) >= 11 is 0. The van der Waals surface area contributed by atoms with Crippen LogP contribution in [0.1, 0.15) is 24.2 Å². The van der Waals surface area contributed by atoms with Crippen molar-refractivity contribution < 1.29 is 23.4 Å². The van der Waals surface area contributed by atoms with Crippen molar-refractivity contribution in [1.29, 1.82) is 0 Å². The molecular weight excluding hydrogens is 289 g/mol. The Hall–Kier alpha value is -1.66. The molecule has 1 unspecified atom stereocenters. The number of carbonyl (C=O) groups is 1. The molecule has 0 N–H and O–H groups in total. The van der Waals surface area contributed by atoms with Crippen LogP contribution >= 0.6 is 0 Å². The van der Waals surface area contributed by atoms with Crippen molar-refractivity contribution in [2.24, 2.45) is 0 Å². The number of nitrogens with zero attached hydrogens (tertiary/aromatic N) is 1. The van der Waals surface area contributed by atoms with Gasteiger partial charge in [-0.2, -0.15) is 0 Å². The molecule has 2 rings (SSSR count). The van der Waals surface area contributed by atoms with E-state index in [0.717, 1.165) is 0 Å². The average molecular weight is 311 g/mol. The minimum atomic E-state index is -0.586. The molecule has 122 valence electrons. The summed E-state index contributed by atoms with van der Waals surface area (Å²) in [7, 11) is 3.00. The summed E-state index contributed by atoms with van der Waals surface area (Å²) in [6.45, 7) is 4.90. The minimum absolute atomic E-state index is 0.0427. The smallest absolute Gasteiger partial charge is 0.260 e. The van der Waals surface area contributed by atoms with Gasteiger partial charge in [0.15, 0.2) is 0 Å². The van der Waals surface area contributed by atoms with Crippen molar-refractivity contribution in [2.45, 2.75) is 25.6 Å². The molecule has 0 aromatic heterocycles. The first kappa shape index (κ1) is 16.7. The Labute approximate surface area is 130 Å². The molecule has 1 aliphatic heterocycles. The molecule has 0 aliphatic carbocycles. The first-order chi connectivity index (χ1) is 10.4. The van der Waals surface area contributed by atoms with Gasteiger partial charge in [0.05, 0.1) is 25.4 Å². The van der Waals surface area contributed by atoms with Crippen LogP contribution in [-0.4, -0.2) is 56.4 Å². The number of amides is 1. The van der Waals surface area contributed by atoms with Gasteiger partial charge in [-0.1, -0.05) is 6.07 Å². The topological polar surface area (TPSA) is 48.0 Å². The van der Waals surface area contributed by atoms with Crippen LogP contribution in [-0.2, 0) is 9.47 Å². The van der Waals surface area contributed by atoms with E-state index in [1.807, 2.05) is 13.8 Å². The zero-order chi connectivity index (χ0) is 16.3. The van der Waals surface area contributed by atoms with Gasteiger partial charge in [0.2, 0.25) is 0 Å². The van der Waals surface area contributed by atoms with Gasteiger partial charge in [0, 0.05) is 20.2 Å². The van der Waals surface area contributed by atoms with Gasteiger partial charge in [0.25, 0.3) is 5.91 Å². The Kier molecular flexibility index (Phi) is 5.03. The number of rotatable bonds is 4. The van der Waals surface area contributed by atoms with Gasteiger partial charge in [-0.15, -0.1) is 0 Å². The van der Waals surface area contributed by atoms with E-state index in [0.29, 0.717) is 19.7 Å². The summed E-state index contributed by atoms with van der Waals surface area (Å²) in [5, 5.41) is 0. The van der Waals surface area contributed by atoms with Crippen molar-refractivity contribution in [1.82, 2.24) is 4.90 Å². The lowest BCUT2D eigenvalue weighted by atomic mass is 10.0. The molecule has 1 heterocycles. The molecule has 1 aromatic carbocycles. The maximum absolute atomic E-state index is 14.1. The number of halogens is 1. The molecule has 22 heavy (non-hydrogen) atoms. The number of methoxy groups -OCH3 is 2. The molecule has 1 amide bonds. The molecule has 0 radical (unpaired) electrons. The third kappa shape index (κ3) is 3.56. The second-order valence-electron chi connectivity index (χ2n) is 5.96. The lowest BCUT2D eigenvalue weighted by molar-refractivity contribution is -0.143. The largest absolute Gasteiger partial charge is 0.496 e. The second kappa shape index (κ2) is 6.62. The molecule has 1 aliphatic rings. The zero-order valence-electron chi connectivity index (χ0n) is 13.4. The molecule has 0 bridgehead atoms. The monoisotopic (exact) mass is 311 g/mol. The number of benzene rings is 1. The van der Waals surface area contributed by atoms with Gasteiger partial charge in [-0.05, 0) is 26.0 Å². The summed E-state index contributed by atoms with van der Waals surface area (Å²) in [5.74, 6) is -0.748. The van der Waals surface area contributed by atoms with Crippen LogP contribution in [0.3, 0.4) is 0 Å². The Morgan fingerprint density at radius 3 is 2.82 bits per heavy atom. The zero-order valence-corrected chi connectivity index (χ0v) is 13.4. The first-order valence-corrected chi connectivity index (χ1v) is 7.16. The number of morpholine rings is 1. The van der Waals surface area contributed by atoms with Crippen molar-refractivity contribution >= 4 is 5.91 Å². The molecule has 1 fully saturated rings. The van der Waals surface area contributed by atoms with E-state index in [9.17, 15) is 9.18 Å². The lowest BCUT2D eigenvalue weighted by Crippen LogP contribution is -2.55. The van der Waals surface area contributed by atoms with Gasteiger partial charge in [-0.3, -0.25) is 4.79 Å². The third-order valence-corrected chi connectivity index (χ3v) is 3.53. The molecule has 1 atom stereocenters. The van der Waals surface area contributed by atoms with Gasteiger partial charge >= 0.3 is 0 Å². The molecule has 5 nitrogen and oxygen atoms in total. The fourth-order valence-electron chi connectivity index (χ4n) is 2.76. The summed E-state index contributed by atoms with van der Waals surface area (Å²) in [5.41, 5.74) is -0.561. The Balaban J connectivity index is 2.28. The fourth-order valence-corrected chi connectivity index (χ4v) is 2.76. The Morgan fingerprint density at radius 1 is 1.45 bits per heavy atom. The number of ether oxygens (including phenoxy) is 3. The van der Waals surface area contributed by atoms with E-state index >= 15 is 0 Å². The van der Waals surface area contributed by atoms with Crippen molar-refractivity contribution in [2.75, 3.05) is 33.9 Å². The molecule has 0 spiro atoms. The Morgan fingerprint density at radius 2 is 2.18 bits per heavy atom. The van der Waals surface area contributed by atoms with E-state index in [-0.39, 0.29) is 17.4 Å². The molecule has 6 heteroatoms. The second-order valence-corrected chi connectivity index (χ2v) is 5.96. The molecule has 1 aromatic rings. The van der Waals surface area contributed by atoms with Crippen molar-refractivity contribution in [3.05, 3.63) is 29.6 Å². The van der Waals surface area contributed by atoms with Crippen LogP contribution in [0.15, 0.2) is 18.2 Å². The van der Waals surface area contributed by atoms with Gasteiger partial charge < -0.3 is 19.1 Å². The third-order valence-electron chi connectivity index (χ3n) is 3.53. The highest BCUT2D eigenvalue weighted by atomic mass is 19.1. The molecular formula is C16H22FNO4.